The van der Waals surface area contributed by atoms with Gasteiger partial charge in [0.1, 0.15) is 11.8 Å². The van der Waals surface area contributed by atoms with Crippen molar-refractivity contribution in [2.24, 2.45) is 5.73 Å². The molecule has 0 bridgehead atoms. The van der Waals surface area contributed by atoms with Gasteiger partial charge in [-0.05, 0) is 23.8 Å². The number of carbonyl (C=O) groups is 3. The number of rotatable bonds is 8. The molecule has 130 valence electrons. The fraction of sp³-hybridized carbons (Fsp3) is 0.167. The number of nitrogens with one attached hydrogen (secondary N) is 2. The quantitative estimate of drug-likeness (QED) is 0.611. The zero-order chi connectivity index (χ0) is 18.1. The van der Waals surface area contributed by atoms with Crippen molar-refractivity contribution in [1.29, 1.82) is 0 Å². The van der Waals surface area contributed by atoms with Crippen LogP contribution in [0.15, 0.2) is 59.2 Å². The van der Waals surface area contributed by atoms with Crippen molar-refractivity contribution < 1.29 is 18.8 Å². The van der Waals surface area contributed by atoms with Gasteiger partial charge in [-0.15, -0.1) is 0 Å². The van der Waals surface area contributed by atoms with Crippen LogP contribution in [-0.2, 0) is 20.8 Å². The van der Waals surface area contributed by atoms with Crippen LogP contribution in [0, 0.1) is 0 Å². The molecule has 7 heteroatoms. The van der Waals surface area contributed by atoms with Crippen LogP contribution >= 0.6 is 0 Å². The summed E-state index contributed by atoms with van der Waals surface area (Å²) in [7, 11) is 0. The summed E-state index contributed by atoms with van der Waals surface area (Å²) in [5.41, 5.74) is 5.91. The molecule has 2 aromatic rings. The number of carbonyl (C=O) groups excluding carboxylic acids is 3. The molecule has 3 amide bonds. The Morgan fingerprint density at radius 2 is 1.88 bits per heavy atom. The SMILES string of the molecule is NC(=O)CNC(=O)[C@H](Cc1ccccc1)NC(=O)C=Cc1ccco1. The lowest BCUT2D eigenvalue weighted by Crippen LogP contribution is -2.49. The lowest BCUT2D eigenvalue weighted by atomic mass is 10.1. The van der Waals surface area contributed by atoms with Gasteiger partial charge in [0.05, 0.1) is 12.8 Å². The summed E-state index contributed by atoms with van der Waals surface area (Å²) >= 11 is 0. The van der Waals surface area contributed by atoms with Gasteiger partial charge in [-0.2, -0.15) is 0 Å². The van der Waals surface area contributed by atoms with E-state index in [-0.39, 0.29) is 13.0 Å². The third kappa shape index (κ3) is 6.34. The van der Waals surface area contributed by atoms with E-state index in [2.05, 4.69) is 10.6 Å². The highest BCUT2D eigenvalue weighted by molar-refractivity contribution is 5.96. The summed E-state index contributed by atoms with van der Waals surface area (Å²) in [6.45, 7) is -0.289. The summed E-state index contributed by atoms with van der Waals surface area (Å²) < 4.78 is 5.10. The first kappa shape index (κ1) is 18.0. The lowest BCUT2D eigenvalue weighted by molar-refractivity contribution is -0.128. The van der Waals surface area contributed by atoms with Crippen LogP contribution in [0.25, 0.3) is 6.08 Å². The first-order valence-electron chi connectivity index (χ1n) is 7.66. The fourth-order valence-electron chi connectivity index (χ4n) is 2.12. The number of amides is 3. The highest BCUT2D eigenvalue weighted by Crippen LogP contribution is 2.05. The van der Waals surface area contributed by atoms with E-state index in [1.165, 1.54) is 18.4 Å². The van der Waals surface area contributed by atoms with Crippen molar-refractivity contribution in [3.05, 3.63) is 66.1 Å². The van der Waals surface area contributed by atoms with Crippen molar-refractivity contribution >= 4 is 23.8 Å². The Labute approximate surface area is 144 Å². The van der Waals surface area contributed by atoms with E-state index in [1.807, 2.05) is 30.3 Å². The highest BCUT2D eigenvalue weighted by atomic mass is 16.3. The number of primary amides is 1. The van der Waals surface area contributed by atoms with E-state index in [0.717, 1.165) is 5.56 Å². The van der Waals surface area contributed by atoms with E-state index >= 15 is 0 Å². The molecule has 1 atom stereocenters. The molecule has 0 radical (unpaired) electrons. The molecule has 4 N–H and O–H groups in total. The van der Waals surface area contributed by atoms with Crippen molar-refractivity contribution in [3.63, 3.8) is 0 Å². The molecular formula is C18H19N3O4. The molecule has 0 saturated carbocycles. The third-order valence-corrected chi connectivity index (χ3v) is 3.29. The Kier molecular flexibility index (Phi) is 6.53. The fourth-order valence-corrected chi connectivity index (χ4v) is 2.12. The van der Waals surface area contributed by atoms with Crippen LogP contribution in [0.2, 0.25) is 0 Å². The molecule has 0 saturated heterocycles. The van der Waals surface area contributed by atoms with Gasteiger partial charge in [0.25, 0.3) is 0 Å². The molecular weight excluding hydrogens is 322 g/mol. The van der Waals surface area contributed by atoms with E-state index in [4.69, 9.17) is 10.2 Å². The summed E-state index contributed by atoms with van der Waals surface area (Å²) in [5.74, 6) is -1.07. The van der Waals surface area contributed by atoms with Gasteiger partial charge in [-0.1, -0.05) is 30.3 Å². The topological polar surface area (TPSA) is 114 Å². The molecule has 1 heterocycles. The summed E-state index contributed by atoms with van der Waals surface area (Å²) in [5, 5.41) is 5.03. The number of nitrogens with two attached hydrogens (primary N) is 1. The van der Waals surface area contributed by atoms with Crippen molar-refractivity contribution in [2.75, 3.05) is 6.54 Å². The van der Waals surface area contributed by atoms with Crippen LogP contribution in [0.3, 0.4) is 0 Å². The third-order valence-electron chi connectivity index (χ3n) is 3.29. The molecule has 0 aliphatic carbocycles. The maximum atomic E-state index is 12.2. The Hall–Kier alpha value is -3.35. The molecule has 1 aromatic heterocycles. The van der Waals surface area contributed by atoms with E-state index in [1.54, 1.807) is 12.1 Å². The summed E-state index contributed by atoms with van der Waals surface area (Å²) in [6, 6.07) is 11.8. The molecule has 0 spiro atoms. The minimum atomic E-state index is -0.837. The van der Waals surface area contributed by atoms with Gasteiger partial charge in [-0.25, -0.2) is 0 Å². The number of hydrogen-bond donors (Lipinski definition) is 3. The standard InChI is InChI=1S/C18H19N3O4/c19-16(22)12-20-18(24)15(11-13-5-2-1-3-6-13)21-17(23)9-8-14-7-4-10-25-14/h1-10,15H,11-12H2,(H2,19,22)(H,20,24)(H,21,23)/t15-/m0/s1. The van der Waals surface area contributed by atoms with Crippen molar-refractivity contribution in [3.8, 4) is 0 Å². The van der Waals surface area contributed by atoms with Crippen molar-refractivity contribution in [2.45, 2.75) is 12.5 Å². The first-order valence-corrected chi connectivity index (χ1v) is 7.66. The van der Waals surface area contributed by atoms with Gasteiger partial charge in [-0.3, -0.25) is 14.4 Å². The predicted molar refractivity (Wildman–Crippen MR) is 92.0 cm³/mol. The highest BCUT2D eigenvalue weighted by Gasteiger charge is 2.20. The maximum absolute atomic E-state index is 12.2. The first-order chi connectivity index (χ1) is 12.0. The summed E-state index contributed by atoms with van der Waals surface area (Å²) in [6.07, 6.45) is 4.55. The molecule has 0 aliphatic heterocycles. The zero-order valence-electron chi connectivity index (χ0n) is 13.5. The maximum Gasteiger partial charge on any atom is 0.244 e. The Balaban J connectivity index is 2.03. The van der Waals surface area contributed by atoms with Crippen LogP contribution in [0.5, 0.6) is 0 Å². The second-order valence-electron chi connectivity index (χ2n) is 5.28. The number of furan rings is 1. The van der Waals surface area contributed by atoms with E-state index < -0.39 is 23.8 Å². The number of benzene rings is 1. The van der Waals surface area contributed by atoms with Gasteiger partial charge >= 0.3 is 0 Å². The smallest absolute Gasteiger partial charge is 0.244 e. The molecule has 2 rings (SSSR count). The lowest BCUT2D eigenvalue weighted by Gasteiger charge is -2.17. The Bertz CT molecular complexity index is 739. The normalized spacial score (nSPS) is 11.8. The van der Waals surface area contributed by atoms with Crippen molar-refractivity contribution in [1.82, 2.24) is 10.6 Å². The molecule has 0 aliphatic rings. The Morgan fingerprint density at radius 1 is 1.12 bits per heavy atom. The van der Waals surface area contributed by atoms with E-state index in [9.17, 15) is 14.4 Å². The second kappa shape index (κ2) is 9.07. The summed E-state index contributed by atoms with van der Waals surface area (Å²) in [4.78, 5) is 35.2. The van der Waals surface area contributed by atoms with Crippen LogP contribution in [-0.4, -0.2) is 30.3 Å². The molecule has 0 unspecified atom stereocenters. The van der Waals surface area contributed by atoms with Gasteiger partial charge in [0.2, 0.25) is 17.7 Å². The van der Waals surface area contributed by atoms with Crippen LogP contribution in [0.1, 0.15) is 11.3 Å². The van der Waals surface area contributed by atoms with Gasteiger partial charge in [0.15, 0.2) is 0 Å². The number of hydrogen-bond acceptors (Lipinski definition) is 4. The van der Waals surface area contributed by atoms with Gasteiger partial charge < -0.3 is 20.8 Å². The van der Waals surface area contributed by atoms with Crippen LogP contribution < -0.4 is 16.4 Å². The monoisotopic (exact) mass is 341 g/mol. The zero-order valence-corrected chi connectivity index (χ0v) is 13.5. The van der Waals surface area contributed by atoms with Crippen LogP contribution in [0.4, 0.5) is 0 Å². The Morgan fingerprint density at radius 3 is 2.52 bits per heavy atom. The largest absolute Gasteiger partial charge is 0.465 e. The molecule has 7 nitrogen and oxygen atoms in total. The second-order valence-corrected chi connectivity index (χ2v) is 5.28. The minimum absolute atomic E-state index is 0.283. The minimum Gasteiger partial charge on any atom is -0.465 e. The average Bonchev–Trinajstić information content (AvgIpc) is 3.11. The van der Waals surface area contributed by atoms with Gasteiger partial charge in [0, 0.05) is 12.5 Å². The molecule has 0 fully saturated rings. The molecule has 1 aromatic carbocycles. The predicted octanol–water partition coefficient (Wildman–Crippen LogP) is 0.622. The molecule has 25 heavy (non-hydrogen) atoms. The van der Waals surface area contributed by atoms with E-state index in [0.29, 0.717) is 5.76 Å². The average molecular weight is 341 g/mol.